The summed E-state index contributed by atoms with van der Waals surface area (Å²) in [5.74, 6) is -1.07. The van der Waals surface area contributed by atoms with Gasteiger partial charge in [-0.2, -0.15) is 5.10 Å². The third-order valence-electron chi connectivity index (χ3n) is 3.40. The molecule has 0 radical (unpaired) electrons. The molecule has 2 rings (SSSR count). The number of hydrogen-bond acceptors (Lipinski definition) is 4. The zero-order chi connectivity index (χ0) is 16.5. The van der Waals surface area contributed by atoms with E-state index in [0.29, 0.717) is 11.3 Å². The first-order valence-electron chi connectivity index (χ1n) is 7.51. The van der Waals surface area contributed by atoms with Crippen molar-refractivity contribution in [2.75, 3.05) is 0 Å². The molecule has 2 heterocycles. The monoisotopic (exact) mass is 309 g/mol. The molecule has 1 aromatic heterocycles. The van der Waals surface area contributed by atoms with Gasteiger partial charge in [-0.3, -0.25) is 9.58 Å². The molecule has 0 spiro atoms. The Morgan fingerprint density at radius 3 is 2.68 bits per heavy atom. The highest BCUT2D eigenvalue weighted by molar-refractivity contribution is 5.83. The first kappa shape index (κ1) is 16.3. The second-order valence-electron chi connectivity index (χ2n) is 6.50. The number of aryl methyl sites for hydroxylation is 1. The third-order valence-corrected chi connectivity index (χ3v) is 3.40. The number of carboxylic acids is 1. The highest BCUT2D eigenvalue weighted by Gasteiger charge is 2.42. The SMILES string of the molecule is CCCCn1cc2c(n1)CN(C(=O)OC(C)(C)C)C2C(=O)O. The molecule has 1 aliphatic heterocycles. The molecule has 7 heteroatoms. The maximum Gasteiger partial charge on any atom is 0.411 e. The summed E-state index contributed by atoms with van der Waals surface area (Å²) in [4.78, 5) is 25.0. The minimum Gasteiger partial charge on any atom is -0.479 e. The Balaban J connectivity index is 2.20. The third kappa shape index (κ3) is 3.40. The number of fused-ring (bicyclic) bond motifs is 1. The number of nitrogens with zero attached hydrogens (tertiary/aromatic N) is 3. The van der Waals surface area contributed by atoms with Gasteiger partial charge in [0, 0.05) is 18.3 Å². The normalized spacial score (nSPS) is 17.5. The molecule has 122 valence electrons. The minimum absolute atomic E-state index is 0.167. The van der Waals surface area contributed by atoms with Crippen LogP contribution in [0.2, 0.25) is 0 Å². The number of aromatic nitrogens is 2. The molecular formula is C15H23N3O4. The Morgan fingerprint density at radius 2 is 2.14 bits per heavy atom. The fraction of sp³-hybridized carbons (Fsp3) is 0.667. The number of aliphatic carboxylic acids is 1. The standard InChI is InChI=1S/C15H23N3O4/c1-5-6-7-17-8-10-11(16-17)9-18(12(10)13(19)20)14(21)22-15(2,3)4/h8,12H,5-7,9H2,1-4H3,(H,19,20). The summed E-state index contributed by atoms with van der Waals surface area (Å²) in [6.45, 7) is 8.26. The smallest absolute Gasteiger partial charge is 0.411 e. The van der Waals surface area contributed by atoms with Gasteiger partial charge in [0.05, 0.1) is 12.2 Å². The van der Waals surface area contributed by atoms with Crippen molar-refractivity contribution >= 4 is 12.1 Å². The highest BCUT2D eigenvalue weighted by Crippen LogP contribution is 2.34. The van der Waals surface area contributed by atoms with E-state index in [9.17, 15) is 14.7 Å². The van der Waals surface area contributed by atoms with E-state index in [1.165, 1.54) is 4.90 Å². The topological polar surface area (TPSA) is 84.7 Å². The van der Waals surface area contributed by atoms with E-state index in [-0.39, 0.29) is 6.54 Å². The Bertz CT molecular complexity index is 574. The highest BCUT2D eigenvalue weighted by atomic mass is 16.6. The van der Waals surface area contributed by atoms with Crippen LogP contribution in [-0.2, 0) is 22.6 Å². The molecule has 1 N–H and O–H groups in total. The molecule has 0 aliphatic carbocycles. The Hall–Kier alpha value is -2.05. The predicted molar refractivity (Wildman–Crippen MR) is 79.3 cm³/mol. The lowest BCUT2D eigenvalue weighted by Crippen LogP contribution is -2.38. The maximum absolute atomic E-state index is 12.2. The molecule has 0 saturated heterocycles. The van der Waals surface area contributed by atoms with Gasteiger partial charge in [-0.05, 0) is 27.2 Å². The Labute approximate surface area is 129 Å². The van der Waals surface area contributed by atoms with E-state index in [4.69, 9.17) is 4.74 Å². The molecule has 0 aromatic carbocycles. The van der Waals surface area contributed by atoms with E-state index >= 15 is 0 Å². The maximum atomic E-state index is 12.2. The molecule has 1 amide bonds. The number of carboxylic acid groups (broad SMARTS) is 1. The van der Waals surface area contributed by atoms with Crippen molar-refractivity contribution in [3.8, 4) is 0 Å². The zero-order valence-electron chi connectivity index (χ0n) is 13.5. The first-order chi connectivity index (χ1) is 10.2. The number of unbranched alkanes of at least 4 members (excludes halogenated alkanes) is 1. The van der Waals surface area contributed by atoms with Crippen LogP contribution in [0.25, 0.3) is 0 Å². The van der Waals surface area contributed by atoms with Crippen LogP contribution in [0.1, 0.15) is 57.8 Å². The second kappa shape index (κ2) is 5.98. The van der Waals surface area contributed by atoms with Crippen molar-refractivity contribution in [2.24, 2.45) is 0 Å². The molecule has 0 bridgehead atoms. The van der Waals surface area contributed by atoms with Crippen molar-refractivity contribution in [2.45, 2.75) is 65.3 Å². The molecule has 1 aliphatic rings. The number of amides is 1. The van der Waals surface area contributed by atoms with Crippen molar-refractivity contribution in [1.29, 1.82) is 0 Å². The van der Waals surface area contributed by atoms with Crippen LogP contribution >= 0.6 is 0 Å². The quantitative estimate of drug-likeness (QED) is 0.924. The Kier molecular flexibility index (Phi) is 4.44. The van der Waals surface area contributed by atoms with Crippen LogP contribution in [0.15, 0.2) is 6.20 Å². The van der Waals surface area contributed by atoms with Gasteiger partial charge in [-0.15, -0.1) is 0 Å². The van der Waals surface area contributed by atoms with Crippen molar-refractivity contribution in [3.05, 3.63) is 17.5 Å². The average molecular weight is 309 g/mol. The van der Waals surface area contributed by atoms with E-state index < -0.39 is 23.7 Å². The van der Waals surface area contributed by atoms with Crippen LogP contribution in [-0.4, -0.2) is 37.5 Å². The second-order valence-corrected chi connectivity index (χ2v) is 6.50. The summed E-state index contributed by atoms with van der Waals surface area (Å²) in [6, 6.07) is -1.03. The van der Waals surface area contributed by atoms with E-state index in [2.05, 4.69) is 12.0 Å². The van der Waals surface area contributed by atoms with Crippen molar-refractivity contribution < 1.29 is 19.4 Å². The number of hydrogen-bond donors (Lipinski definition) is 1. The number of carbonyl (C=O) groups excluding carboxylic acids is 1. The van der Waals surface area contributed by atoms with Gasteiger partial charge in [0.2, 0.25) is 0 Å². The predicted octanol–water partition coefficient (Wildman–Crippen LogP) is 2.56. The zero-order valence-corrected chi connectivity index (χ0v) is 13.5. The number of carbonyl (C=O) groups is 2. The fourth-order valence-corrected chi connectivity index (χ4v) is 2.44. The molecule has 1 unspecified atom stereocenters. The van der Waals surface area contributed by atoms with Gasteiger partial charge in [0.25, 0.3) is 0 Å². The van der Waals surface area contributed by atoms with Crippen molar-refractivity contribution in [3.63, 3.8) is 0 Å². The van der Waals surface area contributed by atoms with Crippen LogP contribution in [0.4, 0.5) is 4.79 Å². The van der Waals surface area contributed by atoms with Crippen LogP contribution in [0, 0.1) is 0 Å². The largest absolute Gasteiger partial charge is 0.479 e. The number of ether oxygens (including phenoxy) is 1. The molecular weight excluding hydrogens is 286 g/mol. The van der Waals surface area contributed by atoms with Crippen LogP contribution in [0.5, 0.6) is 0 Å². The van der Waals surface area contributed by atoms with Gasteiger partial charge in [0.15, 0.2) is 6.04 Å². The minimum atomic E-state index is -1.07. The van der Waals surface area contributed by atoms with E-state index in [1.807, 2.05) is 0 Å². The van der Waals surface area contributed by atoms with E-state index in [0.717, 1.165) is 19.4 Å². The molecule has 7 nitrogen and oxygen atoms in total. The number of rotatable bonds is 4. The summed E-state index contributed by atoms with van der Waals surface area (Å²) in [6.07, 6.45) is 3.12. The summed E-state index contributed by atoms with van der Waals surface area (Å²) in [5.41, 5.74) is 0.546. The van der Waals surface area contributed by atoms with Gasteiger partial charge in [0.1, 0.15) is 5.60 Å². The first-order valence-corrected chi connectivity index (χ1v) is 7.51. The lowest BCUT2D eigenvalue weighted by atomic mass is 10.1. The van der Waals surface area contributed by atoms with Crippen molar-refractivity contribution in [1.82, 2.24) is 14.7 Å². The molecule has 1 aromatic rings. The average Bonchev–Trinajstić information content (AvgIpc) is 2.89. The van der Waals surface area contributed by atoms with Gasteiger partial charge in [-0.25, -0.2) is 9.59 Å². The van der Waals surface area contributed by atoms with Gasteiger partial charge in [-0.1, -0.05) is 13.3 Å². The van der Waals surface area contributed by atoms with Crippen LogP contribution < -0.4 is 0 Å². The lowest BCUT2D eigenvalue weighted by molar-refractivity contribution is -0.143. The molecule has 0 saturated carbocycles. The molecule has 0 fully saturated rings. The Morgan fingerprint density at radius 1 is 1.45 bits per heavy atom. The van der Waals surface area contributed by atoms with E-state index in [1.54, 1.807) is 31.6 Å². The summed E-state index contributed by atoms with van der Waals surface area (Å²) >= 11 is 0. The molecule has 1 atom stereocenters. The summed E-state index contributed by atoms with van der Waals surface area (Å²) in [7, 11) is 0. The molecule has 22 heavy (non-hydrogen) atoms. The summed E-state index contributed by atoms with van der Waals surface area (Å²) in [5, 5.41) is 13.9. The van der Waals surface area contributed by atoms with Gasteiger partial charge < -0.3 is 9.84 Å². The van der Waals surface area contributed by atoms with Gasteiger partial charge >= 0.3 is 12.1 Å². The fourth-order valence-electron chi connectivity index (χ4n) is 2.44. The van der Waals surface area contributed by atoms with Crippen LogP contribution in [0.3, 0.4) is 0 Å². The lowest BCUT2D eigenvalue weighted by Gasteiger charge is -2.27. The summed E-state index contributed by atoms with van der Waals surface area (Å²) < 4.78 is 7.05.